The summed E-state index contributed by atoms with van der Waals surface area (Å²) in [7, 11) is 0. The highest BCUT2D eigenvalue weighted by atomic mass is 16.2. The number of rotatable bonds is 2. The molecule has 0 radical (unpaired) electrons. The van der Waals surface area contributed by atoms with Crippen LogP contribution in [0.2, 0.25) is 0 Å². The summed E-state index contributed by atoms with van der Waals surface area (Å²) in [6.07, 6.45) is 1.88. The van der Waals surface area contributed by atoms with E-state index < -0.39 is 0 Å². The first-order chi connectivity index (χ1) is 13.6. The molecule has 1 saturated heterocycles. The summed E-state index contributed by atoms with van der Waals surface area (Å²) >= 11 is 0. The maximum atomic E-state index is 13.0. The zero-order valence-electron chi connectivity index (χ0n) is 15.3. The van der Waals surface area contributed by atoms with Gasteiger partial charge in [-0.25, -0.2) is 5.10 Å². The first kappa shape index (κ1) is 16.9. The van der Waals surface area contributed by atoms with Crippen molar-refractivity contribution in [3.8, 4) is 0 Å². The van der Waals surface area contributed by atoms with E-state index in [1.807, 2.05) is 33.7 Å². The molecule has 0 spiro atoms. The van der Waals surface area contributed by atoms with Crippen LogP contribution < -0.4 is 11.1 Å². The van der Waals surface area contributed by atoms with Crippen LogP contribution in [-0.4, -0.2) is 38.7 Å². The number of nitrogens with one attached hydrogen (secondary N) is 1. The van der Waals surface area contributed by atoms with Gasteiger partial charge in [0.05, 0.1) is 23.5 Å². The predicted octanol–water partition coefficient (Wildman–Crippen LogP) is 1.27. The van der Waals surface area contributed by atoms with Crippen molar-refractivity contribution in [2.45, 2.75) is 25.3 Å². The molecule has 1 fully saturated rings. The molecular weight excluding hydrogens is 356 g/mol. The molecule has 3 aromatic rings. The van der Waals surface area contributed by atoms with Gasteiger partial charge in [0.15, 0.2) is 0 Å². The van der Waals surface area contributed by atoms with Crippen LogP contribution in [0.25, 0.3) is 10.8 Å². The van der Waals surface area contributed by atoms with Gasteiger partial charge in [-0.05, 0) is 30.9 Å². The third-order valence-corrected chi connectivity index (χ3v) is 5.90. The zero-order chi connectivity index (χ0) is 19.3. The number of benzene rings is 1. The van der Waals surface area contributed by atoms with Crippen molar-refractivity contribution < 1.29 is 4.79 Å². The maximum Gasteiger partial charge on any atom is 0.272 e. The molecule has 4 heterocycles. The van der Waals surface area contributed by atoms with E-state index in [4.69, 9.17) is 0 Å². The normalized spacial score (nSPS) is 20.8. The topological polar surface area (TPSA) is 88.1 Å². The van der Waals surface area contributed by atoms with Crippen LogP contribution in [-0.2, 0) is 17.6 Å². The Morgan fingerprint density at radius 2 is 1.89 bits per heavy atom. The van der Waals surface area contributed by atoms with Gasteiger partial charge in [0.1, 0.15) is 0 Å². The van der Waals surface area contributed by atoms with E-state index in [2.05, 4.69) is 10.2 Å². The number of hydrogen-bond acceptors (Lipinski definition) is 4. The smallest absolute Gasteiger partial charge is 0.272 e. The van der Waals surface area contributed by atoms with E-state index in [-0.39, 0.29) is 29.5 Å². The number of hydrogen-bond donors (Lipinski definition) is 1. The summed E-state index contributed by atoms with van der Waals surface area (Å²) in [4.78, 5) is 39.2. The lowest BCUT2D eigenvalue weighted by Crippen LogP contribution is -2.50. The van der Waals surface area contributed by atoms with Gasteiger partial charge in [-0.15, -0.1) is 0 Å². The molecule has 7 heteroatoms. The van der Waals surface area contributed by atoms with Crippen molar-refractivity contribution in [3.63, 3.8) is 0 Å². The Labute approximate surface area is 160 Å². The molecular formula is C21H20N4O3. The van der Waals surface area contributed by atoms with Gasteiger partial charge in [-0.3, -0.25) is 14.4 Å². The number of piperidine rings is 1. The maximum absolute atomic E-state index is 13.0. The molecule has 2 atom stereocenters. The number of nitrogens with zero attached hydrogens (tertiary/aromatic N) is 3. The van der Waals surface area contributed by atoms with E-state index in [0.717, 1.165) is 18.5 Å². The van der Waals surface area contributed by atoms with Gasteiger partial charge >= 0.3 is 0 Å². The average Bonchev–Trinajstić information content (AvgIpc) is 2.70. The van der Waals surface area contributed by atoms with Gasteiger partial charge in [-0.2, -0.15) is 5.10 Å². The highest BCUT2D eigenvalue weighted by Gasteiger charge is 2.36. The second-order valence-corrected chi connectivity index (χ2v) is 7.71. The largest absolute Gasteiger partial charge is 0.340 e. The van der Waals surface area contributed by atoms with Gasteiger partial charge in [0.2, 0.25) is 5.91 Å². The molecule has 0 unspecified atom stereocenters. The van der Waals surface area contributed by atoms with Crippen molar-refractivity contribution in [2.24, 2.45) is 5.92 Å². The molecule has 7 nitrogen and oxygen atoms in total. The average molecular weight is 376 g/mol. The predicted molar refractivity (Wildman–Crippen MR) is 104 cm³/mol. The number of pyridine rings is 1. The van der Waals surface area contributed by atoms with Crippen LogP contribution in [0, 0.1) is 5.92 Å². The van der Waals surface area contributed by atoms with Crippen LogP contribution in [0.4, 0.5) is 0 Å². The molecule has 5 rings (SSSR count). The number of aromatic nitrogens is 3. The fourth-order valence-corrected chi connectivity index (χ4v) is 4.69. The fraction of sp³-hybridized carbons (Fsp3) is 0.333. The fourth-order valence-electron chi connectivity index (χ4n) is 4.69. The Hall–Kier alpha value is -3.22. The zero-order valence-corrected chi connectivity index (χ0v) is 15.3. The van der Waals surface area contributed by atoms with Gasteiger partial charge in [0, 0.05) is 30.2 Å². The number of carbonyl (C=O) groups excluding carboxylic acids is 1. The van der Waals surface area contributed by atoms with Gasteiger partial charge in [0.25, 0.3) is 11.1 Å². The highest BCUT2D eigenvalue weighted by Crippen LogP contribution is 2.33. The van der Waals surface area contributed by atoms with E-state index in [9.17, 15) is 14.4 Å². The molecule has 28 heavy (non-hydrogen) atoms. The Morgan fingerprint density at radius 1 is 1.07 bits per heavy atom. The van der Waals surface area contributed by atoms with Crippen molar-refractivity contribution in [3.05, 3.63) is 74.6 Å². The van der Waals surface area contributed by atoms with Crippen molar-refractivity contribution in [1.82, 2.24) is 19.7 Å². The first-order valence-electron chi connectivity index (χ1n) is 9.54. The standard InChI is InChI=1S/C21H20N4O3/c26-19-7-3-4-14-8-13-9-15(25(14)19)12-24(11-13)20(27)10-18-16-5-1-2-6-17(16)21(28)23-22-18/h1-7,13,15H,8-12H2,(H,23,28)/t13-,15+/m0/s1. The van der Waals surface area contributed by atoms with E-state index in [1.165, 1.54) is 0 Å². The Balaban J connectivity index is 1.42. The minimum atomic E-state index is -0.254. The van der Waals surface area contributed by atoms with Crippen LogP contribution in [0.5, 0.6) is 0 Å². The minimum Gasteiger partial charge on any atom is -0.340 e. The van der Waals surface area contributed by atoms with Gasteiger partial charge in [-0.1, -0.05) is 24.3 Å². The van der Waals surface area contributed by atoms with Crippen molar-refractivity contribution in [1.29, 1.82) is 0 Å². The second kappa shape index (κ2) is 6.44. The number of aromatic amines is 1. The van der Waals surface area contributed by atoms with E-state index in [1.54, 1.807) is 18.2 Å². The number of carbonyl (C=O) groups is 1. The molecule has 2 aromatic heterocycles. The number of H-pyrrole nitrogens is 1. The molecule has 1 N–H and O–H groups in total. The summed E-state index contributed by atoms with van der Waals surface area (Å²) in [5.74, 6) is 0.344. The lowest BCUT2D eigenvalue weighted by molar-refractivity contribution is -0.133. The quantitative estimate of drug-likeness (QED) is 0.730. The molecule has 2 bridgehead atoms. The summed E-state index contributed by atoms with van der Waals surface area (Å²) in [6.45, 7) is 1.23. The summed E-state index contributed by atoms with van der Waals surface area (Å²) < 4.78 is 1.85. The molecule has 2 aliphatic heterocycles. The number of amides is 1. The monoisotopic (exact) mass is 376 g/mol. The molecule has 0 saturated carbocycles. The van der Waals surface area contributed by atoms with E-state index >= 15 is 0 Å². The van der Waals surface area contributed by atoms with Crippen LogP contribution in [0.3, 0.4) is 0 Å². The lowest BCUT2D eigenvalue weighted by Gasteiger charge is -2.43. The SMILES string of the molecule is O=C(Cc1n[nH]c(=O)c2ccccc12)N1C[C@H]2Cc3cccc(=O)n3[C@H](C2)C1. The molecule has 142 valence electrons. The summed E-state index contributed by atoms with van der Waals surface area (Å²) in [5.41, 5.74) is 1.39. The van der Waals surface area contributed by atoms with Crippen LogP contribution >= 0.6 is 0 Å². The third-order valence-electron chi connectivity index (χ3n) is 5.90. The van der Waals surface area contributed by atoms with E-state index in [0.29, 0.717) is 35.5 Å². The van der Waals surface area contributed by atoms with Gasteiger partial charge < -0.3 is 9.47 Å². The lowest BCUT2D eigenvalue weighted by atomic mass is 9.85. The summed E-state index contributed by atoms with van der Waals surface area (Å²) in [6, 6.07) is 12.6. The van der Waals surface area contributed by atoms with Crippen LogP contribution in [0.1, 0.15) is 23.9 Å². The Kier molecular flexibility index (Phi) is 3.89. The van der Waals surface area contributed by atoms with Crippen molar-refractivity contribution >= 4 is 16.7 Å². The third kappa shape index (κ3) is 2.74. The molecule has 0 aliphatic carbocycles. The molecule has 2 aliphatic rings. The highest BCUT2D eigenvalue weighted by molar-refractivity contribution is 5.88. The second-order valence-electron chi connectivity index (χ2n) is 7.71. The minimum absolute atomic E-state index is 0.00328. The first-order valence-corrected chi connectivity index (χ1v) is 9.54. The van der Waals surface area contributed by atoms with Crippen molar-refractivity contribution in [2.75, 3.05) is 13.1 Å². The number of fused-ring (bicyclic) bond motifs is 5. The molecule has 1 aromatic carbocycles. The Bertz CT molecular complexity index is 1200. The summed E-state index contributed by atoms with van der Waals surface area (Å²) in [5, 5.41) is 7.86. The number of likely N-dealkylation sites (tertiary alicyclic amines) is 1. The van der Waals surface area contributed by atoms with Crippen LogP contribution in [0.15, 0.2) is 52.1 Å². The molecule has 1 amide bonds. The Morgan fingerprint density at radius 3 is 2.75 bits per heavy atom.